The van der Waals surface area contributed by atoms with Crippen molar-refractivity contribution in [3.8, 4) is 6.07 Å². The van der Waals surface area contributed by atoms with E-state index in [0.29, 0.717) is 13.1 Å². The molecule has 0 unspecified atom stereocenters. The van der Waals surface area contributed by atoms with Gasteiger partial charge >= 0.3 is 5.97 Å². The minimum atomic E-state index is -3.72. The van der Waals surface area contributed by atoms with Gasteiger partial charge in [0.15, 0.2) is 11.3 Å². The molecule has 5 rings (SSSR count). The highest BCUT2D eigenvalue weighted by Gasteiger charge is 2.29. The summed E-state index contributed by atoms with van der Waals surface area (Å²) in [7, 11) is -3.72. The van der Waals surface area contributed by atoms with Gasteiger partial charge in [-0.3, -0.25) is 4.79 Å². The molecule has 0 atom stereocenters. The first kappa shape index (κ1) is 25.1. The zero-order valence-electron chi connectivity index (χ0n) is 20.1. The molecule has 0 aliphatic carbocycles. The number of aromatic nitrogens is 1. The highest BCUT2D eigenvalue weighted by Crippen LogP contribution is 2.28. The molecule has 11 heteroatoms. The lowest BCUT2D eigenvalue weighted by molar-refractivity contribution is 0.0474. The molecule has 1 saturated heterocycles. The van der Waals surface area contributed by atoms with Crippen molar-refractivity contribution in [1.82, 2.24) is 9.46 Å². The number of esters is 1. The van der Waals surface area contributed by atoms with Gasteiger partial charge in [0.2, 0.25) is 10.0 Å². The van der Waals surface area contributed by atoms with Crippen LogP contribution in [0.15, 0.2) is 76.1 Å². The van der Waals surface area contributed by atoms with E-state index in [4.69, 9.17) is 9.26 Å². The van der Waals surface area contributed by atoms with Crippen LogP contribution < -0.4 is 5.32 Å². The van der Waals surface area contributed by atoms with Gasteiger partial charge in [0, 0.05) is 13.1 Å². The maximum Gasteiger partial charge on any atom is 0.340 e. The van der Waals surface area contributed by atoms with E-state index in [9.17, 15) is 23.3 Å². The molecule has 1 fully saturated rings. The number of ether oxygens (including phenoxy) is 1. The van der Waals surface area contributed by atoms with Crippen LogP contribution in [0.3, 0.4) is 0 Å². The van der Waals surface area contributed by atoms with Crippen LogP contribution in [-0.2, 0) is 21.4 Å². The number of anilines is 1. The molecule has 1 amide bonds. The lowest BCUT2D eigenvalue weighted by Crippen LogP contribution is -2.27. The molecule has 0 bridgehead atoms. The van der Waals surface area contributed by atoms with E-state index < -0.39 is 21.9 Å². The van der Waals surface area contributed by atoms with Gasteiger partial charge in [-0.25, -0.2) is 13.2 Å². The van der Waals surface area contributed by atoms with E-state index >= 15 is 0 Å². The van der Waals surface area contributed by atoms with E-state index in [1.807, 2.05) is 24.3 Å². The van der Waals surface area contributed by atoms with E-state index in [-0.39, 0.29) is 45.0 Å². The number of fused-ring (bicyclic) bond motifs is 1. The number of hydrogen-bond acceptors (Lipinski definition) is 8. The maximum absolute atomic E-state index is 13.2. The largest absolute Gasteiger partial charge is 0.457 e. The summed E-state index contributed by atoms with van der Waals surface area (Å²) in [6, 6.07) is 19.5. The van der Waals surface area contributed by atoms with Crippen LogP contribution in [0.25, 0.3) is 11.0 Å². The summed E-state index contributed by atoms with van der Waals surface area (Å²) in [6.07, 6.45) is 1.59. The van der Waals surface area contributed by atoms with Crippen LogP contribution in [0.5, 0.6) is 0 Å². The molecular weight excluding hydrogens is 508 g/mol. The maximum atomic E-state index is 13.2. The number of hydrogen-bond donors (Lipinski definition) is 1. The van der Waals surface area contributed by atoms with Crippen LogP contribution in [-0.4, -0.2) is 42.8 Å². The van der Waals surface area contributed by atoms with Crippen LogP contribution >= 0.6 is 0 Å². The topological polar surface area (TPSA) is 143 Å². The molecule has 1 N–H and O–H groups in total. The quantitative estimate of drug-likeness (QED) is 0.352. The first-order chi connectivity index (χ1) is 18.4. The average Bonchev–Trinajstić information content (AvgIpc) is 3.63. The Labute approximate surface area is 218 Å². The van der Waals surface area contributed by atoms with Crippen molar-refractivity contribution in [3.63, 3.8) is 0 Å². The average molecular weight is 531 g/mol. The summed E-state index contributed by atoms with van der Waals surface area (Å²) >= 11 is 0. The minimum absolute atomic E-state index is 0.00599. The van der Waals surface area contributed by atoms with Gasteiger partial charge in [-0.2, -0.15) is 9.57 Å². The number of carbonyl (C=O) groups is 2. The second-order valence-electron chi connectivity index (χ2n) is 8.69. The van der Waals surface area contributed by atoms with Crippen molar-refractivity contribution in [2.75, 3.05) is 18.4 Å². The van der Waals surface area contributed by atoms with Crippen LogP contribution in [0, 0.1) is 11.3 Å². The molecule has 0 spiro atoms. The third kappa shape index (κ3) is 5.00. The molecular formula is C27H22N4O6S. The number of nitriles is 1. The Morgan fingerprint density at radius 2 is 1.82 bits per heavy atom. The summed E-state index contributed by atoms with van der Waals surface area (Å²) < 4.78 is 38.1. The lowest BCUT2D eigenvalue weighted by atomic mass is 10.1. The summed E-state index contributed by atoms with van der Waals surface area (Å²) in [5, 5.41) is 16.0. The molecule has 10 nitrogen and oxygen atoms in total. The number of carbonyl (C=O) groups excluding carboxylic acids is 2. The Morgan fingerprint density at radius 3 is 2.55 bits per heavy atom. The van der Waals surface area contributed by atoms with Gasteiger partial charge in [0.25, 0.3) is 5.91 Å². The second-order valence-corrected chi connectivity index (χ2v) is 10.6. The van der Waals surface area contributed by atoms with Crippen LogP contribution in [0.1, 0.15) is 44.8 Å². The molecule has 4 aromatic rings. The summed E-state index contributed by atoms with van der Waals surface area (Å²) in [4.78, 5) is 26.1. The Balaban J connectivity index is 1.42. The number of amides is 1. The first-order valence-electron chi connectivity index (χ1n) is 11.8. The van der Waals surface area contributed by atoms with E-state index in [2.05, 4.69) is 10.5 Å². The summed E-state index contributed by atoms with van der Waals surface area (Å²) in [6.45, 7) is 0.893. The molecule has 192 valence electrons. The van der Waals surface area contributed by atoms with Crippen molar-refractivity contribution >= 4 is 38.6 Å². The van der Waals surface area contributed by atoms with Gasteiger partial charge in [-0.05, 0) is 54.8 Å². The smallest absolute Gasteiger partial charge is 0.340 e. The molecule has 38 heavy (non-hydrogen) atoms. The zero-order valence-corrected chi connectivity index (χ0v) is 20.9. The van der Waals surface area contributed by atoms with Gasteiger partial charge in [-0.15, -0.1) is 0 Å². The number of rotatable bonds is 7. The first-order valence-corrected chi connectivity index (χ1v) is 13.3. The van der Waals surface area contributed by atoms with Crippen molar-refractivity contribution in [2.45, 2.75) is 24.3 Å². The molecule has 1 aliphatic heterocycles. The van der Waals surface area contributed by atoms with Gasteiger partial charge in [0.05, 0.1) is 33.2 Å². The predicted molar refractivity (Wildman–Crippen MR) is 137 cm³/mol. The number of sulfonamides is 1. The van der Waals surface area contributed by atoms with Gasteiger partial charge < -0.3 is 14.6 Å². The highest BCUT2D eigenvalue weighted by atomic mass is 32.2. The molecule has 0 saturated carbocycles. The van der Waals surface area contributed by atoms with Crippen LogP contribution in [0.4, 0.5) is 5.69 Å². The third-order valence-corrected chi connectivity index (χ3v) is 8.08. The Kier molecular flexibility index (Phi) is 6.91. The zero-order chi connectivity index (χ0) is 26.7. The van der Waals surface area contributed by atoms with Crippen molar-refractivity contribution < 1.29 is 27.3 Å². The van der Waals surface area contributed by atoms with Crippen molar-refractivity contribution in [3.05, 3.63) is 89.1 Å². The Bertz CT molecular complexity index is 1670. The predicted octanol–water partition coefficient (Wildman–Crippen LogP) is 4.09. The van der Waals surface area contributed by atoms with E-state index in [0.717, 1.165) is 18.4 Å². The van der Waals surface area contributed by atoms with Gasteiger partial charge in [0.1, 0.15) is 6.61 Å². The minimum Gasteiger partial charge on any atom is -0.457 e. The summed E-state index contributed by atoms with van der Waals surface area (Å²) in [5.74, 6) is -1.45. The van der Waals surface area contributed by atoms with Crippen LogP contribution in [0.2, 0.25) is 0 Å². The van der Waals surface area contributed by atoms with E-state index in [1.165, 1.54) is 40.7 Å². The SMILES string of the molecule is N#Cc1ccc(NC(=O)c2noc3ccc(S(=O)(=O)N4CCCC4)cc23)c(C(=O)OCc2ccccc2)c1. The summed E-state index contributed by atoms with van der Waals surface area (Å²) in [5.41, 5.74) is 1.15. The number of benzene rings is 3. The Hall–Kier alpha value is -4.53. The normalized spacial score (nSPS) is 13.8. The molecule has 0 radical (unpaired) electrons. The fourth-order valence-electron chi connectivity index (χ4n) is 4.19. The fraction of sp³-hybridized carbons (Fsp3) is 0.185. The monoisotopic (exact) mass is 530 g/mol. The number of nitrogens with zero attached hydrogens (tertiary/aromatic N) is 3. The van der Waals surface area contributed by atoms with E-state index in [1.54, 1.807) is 12.1 Å². The second kappa shape index (κ2) is 10.5. The lowest BCUT2D eigenvalue weighted by Gasteiger charge is -2.15. The third-order valence-electron chi connectivity index (χ3n) is 6.19. The fourth-order valence-corrected chi connectivity index (χ4v) is 5.74. The number of nitrogens with one attached hydrogen (secondary N) is 1. The molecule has 2 heterocycles. The molecule has 3 aromatic carbocycles. The van der Waals surface area contributed by atoms with Crippen molar-refractivity contribution in [1.29, 1.82) is 5.26 Å². The highest BCUT2D eigenvalue weighted by molar-refractivity contribution is 7.89. The van der Waals surface area contributed by atoms with Crippen molar-refractivity contribution in [2.24, 2.45) is 0 Å². The Morgan fingerprint density at radius 1 is 1.05 bits per heavy atom. The standard InChI is InChI=1S/C27H22N4O6S/c28-16-19-8-10-23(21(14-19)27(33)36-17-18-6-2-1-3-7-18)29-26(32)25-22-15-20(9-11-24(22)37-30-25)38(34,35)31-12-4-5-13-31/h1-3,6-11,14-15H,4-5,12-13,17H2,(H,29,32). The molecule has 1 aromatic heterocycles. The molecule has 1 aliphatic rings. The van der Waals surface area contributed by atoms with Gasteiger partial charge in [-0.1, -0.05) is 35.5 Å².